The average molecular weight is 418 g/mol. The Kier molecular flexibility index (Phi) is 5.17. The van der Waals surface area contributed by atoms with E-state index in [1.165, 1.54) is 29.3 Å². The fourth-order valence-corrected chi connectivity index (χ4v) is 5.67. The topological polar surface area (TPSA) is 30.9 Å². The van der Waals surface area contributed by atoms with Crippen molar-refractivity contribution in [3.8, 4) is 17.2 Å². The Balaban J connectivity index is 1.64. The number of anilines is 1. The van der Waals surface area contributed by atoms with E-state index in [4.69, 9.17) is 14.2 Å². The monoisotopic (exact) mass is 417 g/mol. The summed E-state index contributed by atoms with van der Waals surface area (Å²) < 4.78 is 18.2. The van der Waals surface area contributed by atoms with Gasteiger partial charge in [-0.05, 0) is 44.1 Å². The van der Waals surface area contributed by atoms with Gasteiger partial charge in [0.15, 0.2) is 0 Å². The second kappa shape index (κ2) is 7.99. The van der Waals surface area contributed by atoms with E-state index >= 15 is 0 Å². The minimum Gasteiger partial charge on any atom is -0.496 e. The number of methoxy groups -OCH3 is 2. The van der Waals surface area contributed by atoms with Crippen LogP contribution in [-0.4, -0.2) is 32.4 Å². The smallest absolute Gasteiger partial charge is 0.130 e. The maximum Gasteiger partial charge on any atom is 0.130 e. The van der Waals surface area contributed by atoms with Gasteiger partial charge in [0.1, 0.15) is 22.8 Å². The average Bonchev–Trinajstić information content (AvgIpc) is 3.27. The van der Waals surface area contributed by atoms with Crippen molar-refractivity contribution in [2.24, 2.45) is 0 Å². The van der Waals surface area contributed by atoms with Gasteiger partial charge >= 0.3 is 0 Å². The number of hydrogen-bond donors (Lipinski definition) is 0. The highest BCUT2D eigenvalue weighted by molar-refractivity contribution is 5.94. The molecule has 0 N–H and O–H groups in total. The molecule has 3 aromatic carbocycles. The van der Waals surface area contributed by atoms with Crippen LogP contribution in [0.3, 0.4) is 0 Å². The van der Waals surface area contributed by atoms with E-state index in [-0.39, 0.29) is 11.6 Å². The maximum atomic E-state index is 6.89. The van der Waals surface area contributed by atoms with Crippen LogP contribution < -0.4 is 19.1 Å². The third kappa shape index (κ3) is 3.29. The van der Waals surface area contributed by atoms with E-state index in [2.05, 4.69) is 54.3 Å². The number of hydrogen-bond acceptors (Lipinski definition) is 4. The standard InChI is InChI=1S/C27H31NO3/c1-4-28(23-13-9-11-19-10-5-6-12-21(19)23)26-18-22-24(30-3)16-20(29-2)17-25(22)31-27(26)14-7-8-15-27/h5-6,9-13,16-17,26H,4,7-8,14-15,18H2,1-3H3. The summed E-state index contributed by atoms with van der Waals surface area (Å²) in [5.74, 6) is 2.55. The Labute approximate surface area is 184 Å². The van der Waals surface area contributed by atoms with Crippen LogP contribution in [0.4, 0.5) is 5.69 Å². The number of fused-ring (bicyclic) bond motifs is 2. The van der Waals surface area contributed by atoms with Gasteiger partial charge in [0.05, 0.1) is 20.3 Å². The summed E-state index contributed by atoms with van der Waals surface area (Å²) in [4.78, 5) is 2.57. The van der Waals surface area contributed by atoms with Crippen LogP contribution in [0.15, 0.2) is 54.6 Å². The van der Waals surface area contributed by atoms with Gasteiger partial charge in [-0.25, -0.2) is 0 Å². The first kappa shape index (κ1) is 20.0. The van der Waals surface area contributed by atoms with E-state index in [0.717, 1.165) is 48.6 Å². The number of rotatable bonds is 5. The van der Waals surface area contributed by atoms with E-state index < -0.39 is 0 Å². The fraction of sp³-hybridized carbons (Fsp3) is 0.407. The van der Waals surface area contributed by atoms with Crippen LogP contribution >= 0.6 is 0 Å². The van der Waals surface area contributed by atoms with Crippen molar-refractivity contribution in [3.05, 3.63) is 60.2 Å². The number of nitrogens with zero attached hydrogens (tertiary/aromatic N) is 1. The summed E-state index contributed by atoms with van der Waals surface area (Å²) in [7, 11) is 3.42. The van der Waals surface area contributed by atoms with Crippen molar-refractivity contribution in [1.29, 1.82) is 0 Å². The minimum atomic E-state index is -0.183. The molecule has 1 unspecified atom stereocenters. The minimum absolute atomic E-state index is 0.183. The van der Waals surface area contributed by atoms with Gasteiger partial charge in [0, 0.05) is 41.7 Å². The third-order valence-electron chi connectivity index (χ3n) is 7.16. The molecule has 0 radical (unpaired) electrons. The predicted molar refractivity (Wildman–Crippen MR) is 126 cm³/mol. The lowest BCUT2D eigenvalue weighted by molar-refractivity contribution is 0.0299. The normalized spacial score (nSPS) is 19.1. The molecular weight excluding hydrogens is 386 g/mol. The molecule has 0 bridgehead atoms. The van der Waals surface area contributed by atoms with E-state index in [1.54, 1.807) is 14.2 Å². The quantitative estimate of drug-likeness (QED) is 0.509. The Hall–Kier alpha value is -2.88. The Morgan fingerprint density at radius 3 is 2.52 bits per heavy atom. The van der Waals surface area contributed by atoms with Crippen molar-refractivity contribution >= 4 is 16.5 Å². The number of ether oxygens (including phenoxy) is 3. The first-order chi connectivity index (χ1) is 15.2. The summed E-state index contributed by atoms with van der Waals surface area (Å²) in [6.45, 7) is 3.18. The molecular formula is C27H31NO3. The lowest BCUT2D eigenvalue weighted by Crippen LogP contribution is -2.58. The van der Waals surface area contributed by atoms with Crippen LogP contribution in [0.5, 0.6) is 17.2 Å². The molecule has 1 spiro atoms. The maximum absolute atomic E-state index is 6.89. The number of benzene rings is 3. The van der Waals surface area contributed by atoms with Crippen molar-refractivity contribution in [1.82, 2.24) is 0 Å². The summed E-state index contributed by atoms with van der Waals surface area (Å²) >= 11 is 0. The molecule has 0 aromatic heterocycles. The third-order valence-corrected chi connectivity index (χ3v) is 7.16. The predicted octanol–water partition coefficient (Wildman–Crippen LogP) is 6.00. The van der Waals surface area contributed by atoms with E-state index in [0.29, 0.717) is 0 Å². The fourth-order valence-electron chi connectivity index (χ4n) is 5.67. The molecule has 31 heavy (non-hydrogen) atoms. The van der Waals surface area contributed by atoms with E-state index in [9.17, 15) is 0 Å². The van der Waals surface area contributed by atoms with Crippen LogP contribution in [0.1, 0.15) is 38.2 Å². The molecule has 3 aromatic rings. The Bertz CT molecular complexity index is 1080. The molecule has 5 rings (SSSR count). The molecule has 1 fully saturated rings. The van der Waals surface area contributed by atoms with Crippen LogP contribution in [0.2, 0.25) is 0 Å². The highest BCUT2D eigenvalue weighted by atomic mass is 16.5. The van der Waals surface area contributed by atoms with Crippen LogP contribution in [0.25, 0.3) is 10.8 Å². The molecule has 162 valence electrons. The van der Waals surface area contributed by atoms with Gasteiger partial charge in [-0.3, -0.25) is 0 Å². The highest BCUT2D eigenvalue weighted by Gasteiger charge is 2.50. The zero-order chi connectivity index (χ0) is 21.4. The van der Waals surface area contributed by atoms with Crippen molar-refractivity contribution in [2.75, 3.05) is 25.7 Å². The molecule has 2 aliphatic rings. The van der Waals surface area contributed by atoms with Gasteiger partial charge in [-0.15, -0.1) is 0 Å². The molecule has 1 aliphatic heterocycles. The molecule has 1 saturated carbocycles. The molecule has 0 saturated heterocycles. The van der Waals surface area contributed by atoms with Crippen molar-refractivity contribution < 1.29 is 14.2 Å². The highest BCUT2D eigenvalue weighted by Crippen LogP contribution is 2.49. The first-order valence-corrected chi connectivity index (χ1v) is 11.4. The molecule has 4 heteroatoms. The molecule has 1 heterocycles. The zero-order valence-electron chi connectivity index (χ0n) is 18.7. The summed E-state index contributed by atoms with van der Waals surface area (Å²) in [5, 5.41) is 2.57. The number of likely N-dealkylation sites (N-methyl/N-ethyl adjacent to an activating group) is 1. The summed E-state index contributed by atoms with van der Waals surface area (Å²) in [6.07, 6.45) is 5.48. The Morgan fingerprint density at radius 2 is 1.77 bits per heavy atom. The van der Waals surface area contributed by atoms with Gasteiger partial charge in [-0.1, -0.05) is 36.4 Å². The lowest BCUT2D eigenvalue weighted by Gasteiger charge is -2.48. The molecule has 1 atom stereocenters. The van der Waals surface area contributed by atoms with Crippen LogP contribution in [-0.2, 0) is 6.42 Å². The molecule has 4 nitrogen and oxygen atoms in total. The summed E-state index contributed by atoms with van der Waals surface area (Å²) in [5.41, 5.74) is 2.25. The van der Waals surface area contributed by atoms with Gasteiger partial charge in [0.25, 0.3) is 0 Å². The van der Waals surface area contributed by atoms with Crippen LogP contribution in [0, 0.1) is 0 Å². The largest absolute Gasteiger partial charge is 0.496 e. The second-order valence-corrected chi connectivity index (χ2v) is 8.68. The second-order valence-electron chi connectivity index (χ2n) is 8.68. The van der Waals surface area contributed by atoms with Gasteiger partial charge < -0.3 is 19.1 Å². The van der Waals surface area contributed by atoms with Gasteiger partial charge in [0.2, 0.25) is 0 Å². The van der Waals surface area contributed by atoms with Crippen molar-refractivity contribution in [3.63, 3.8) is 0 Å². The van der Waals surface area contributed by atoms with E-state index in [1.807, 2.05) is 12.1 Å². The van der Waals surface area contributed by atoms with Crippen molar-refractivity contribution in [2.45, 2.75) is 50.7 Å². The van der Waals surface area contributed by atoms with Gasteiger partial charge in [-0.2, -0.15) is 0 Å². The molecule has 0 amide bonds. The molecule has 1 aliphatic carbocycles. The zero-order valence-corrected chi connectivity index (χ0v) is 18.7. The SMILES string of the molecule is CCN(c1cccc2ccccc12)C1Cc2c(OC)cc(OC)cc2OC12CCCC2. The lowest BCUT2D eigenvalue weighted by atomic mass is 9.82. The first-order valence-electron chi connectivity index (χ1n) is 11.4. The summed E-state index contributed by atoms with van der Waals surface area (Å²) in [6, 6.07) is 19.5. The Morgan fingerprint density at radius 1 is 1.00 bits per heavy atom.